The highest BCUT2D eigenvalue weighted by Gasteiger charge is 2.03. The Bertz CT molecular complexity index is 399. The molecule has 1 atom stereocenters. The number of benzene rings is 1. The molecule has 1 aromatic rings. The van der Waals surface area contributed by atoms with Crippen molar-refractivity contribution in [3.05, 3.63) is 39.4 Å². The van der Waals surface area contributed by atoms with Gasteiger partial charge < -0.3 is 5.32 Å². The summed E-state index contributed by atoms with van der Waals surface area (Å²) in [6, 6.07) is 6.07. The fourth-order valence-corrected chi connectivity index (χ4v) is 1.82. The third-order valence-electron chi connectivity index (χ3n) is 2.72. The molecule has 0 aliphatic carbocycles. The average molecular weight is 272 g/mol. The molecule has 0 saturated heterocycles. The first kappa shape index (κ1) is 14.6. The standard InChI is InChI=1S/C14H19Cl2N/c1-4-7-17-11(3)10(2)8-12-5-6-13(15)14(16)9-12/h5-6,8-9,11,17H,4,7H2,1-3H3/b10-8+. The lowest BCUT2D eigenvalue weighted by molar-refractivity contribution is 0.604. The first-order valence-corrected chi connectivity index (χ1v) is 6.66. The predicted molar refractivity (Wildman–Crippen MR) is 77.9 cm³/mol. The second-order valence-electron chi connectivity index (χ2n) is 4.24. The zero-order valence-electron chi connectivity index (χ0n) is 10.6. The van der Waals surface area contributed by atoms with Crippen molar-refractivity contribution >= 4 is 29.3 Å². The van der Waals surface area contributed by atoms with E-state index in [0.29, 0.717) is 16.1 Å². The maximum atomic E-state index is 5.98. The summed E-state index contributed by atoms with van der Waals surface area (Å²) in [5.74, 6) is 0. The van der Waals surface area contributed by atoms with Crippen LogP contribution in [-0.4, -0.2) is 12.6 Å². The van der Waals surface area contributed by atoms with E-state index in [2.05, 4.69) is 32.2 Å². The Morgan fingerprint density at radius 2 is 2.06 bits per heavy atom. The maximum Gasteiger partial charge on any atom is 0.0598 e. The van der Waals surface area contributed by atoms with Crippen molar-refractivity contribution < 1.29 is 0 Å². The molecule has 0 aliphatic heterocycles. The summed E-state index contributed by atoms with van der Waals surface area (Å²) in [7, 11) is 0. The van der Waals surface area contributed by atoms with Crippen molar-refractivity contribution in [3.8, 4) is 0 Å². The third-order valence-corrected chi connectivity index (χ3v) is 3.46. The van der Waals surface area contributed by atoms with E-state index in [9.17, 15) is 0 Å². The van der Waals surface area contributed by atoms with E-state index in [4.69, 9.17) is 23.2 Å². The minimum absolute atomic E-state index is 0.379. The molecule has 94 valence electrons. The Labute approximate surface area is 114 Å². The van der Waals surface area contributed by atoms with Crippen LogP contribution in [0.1, 0.15) is 32.8 Å². The molecule has 1 nitrogen and oxygen atoms in total. The summed E-state index contributed by atoms with van der Waals surface area (Å²) >= 11 is 11.9. The zero-order valence-corrected chi connectivity index (χ0v) is 12.1. The molecule has 1 N–H and O–H groups in total. The summed E-state index contributed by atoms with van der Waals surface area (Å²) in [5.41, 5.74) is 2.37. The second-order valence-corrected chi connectivity index (χ2v) is 5.05. The van der Waals surface area contributed by atoms with Gasteiger partial charge in [0.05, 0.1) is 10.0 Å². The first-order valence-electron chi connectivity index (χ1n) is 5.91. The van der Waals surface area contributed by atoms with E-state index >= 15 is 0 Å². The van der Waals surface area contributed by atoms with Gasteiger partial charge in [-0.2, -0.15) is 0 Å². The summed E-state index contributed by atoms with van der Waals surface area (Å²) < 4.78 is 0. The molecule has 0 fully saturated rings. The van der Waals surface area contributed by atoms with Crippen molar-refractivity contribution in [3.63, 3.8) is 0 Å². The molecule has 17 heavy (non-hydrogen) atoms. The molecule has 0 radical (unpaired) electrons. The van der Waals surface area contributed by atoms with E-state index in [-0.39, 0.29) is 0 Å². The quantitative estimate of drug-likeness (QED) is 0.813. The molecule has 0 aromatic heterocycles. The zero-order chi connectivity index (χ0) is 12.8. The lowest BCUT2D eigenvalue weighted by Crippen LogP contribution is -2.27. The van der Waals surface area contributed by atoms with Crippen LogP contribution in [0.25, 0.3) is 6.08 Å². The minimum atomic E-state index is 0.379. The van der Waals surface area contributed by atoms with E-state index in [1.54, 1.807) is 0 Å². The van der Waals surface area contributed by atoms with Gasteiger partial charge in [-0.3, -0.25) is 0 Å². The number of hydrogen-bond donors (Lipinski definition) is 1. The highest BCUT2D eigenvalue weighted by atomic mass is 35.5. The highest BCUT2D eigenvalue weighted by molar-refractivity contribution is 6.42. The van der Waals surface area contributed by atoms with Gasteiger partial charge in [0.2, 0.25) is 0 Å². The normalized spacial score (nSPS) is 13.8. The van der Waals surface area contributed by atoms with Crippen LogP contribution < -0.4 is 5.32 Å². The highest BCUT2D eigenvalue weighted by Crippen LogP contribution is 2.23. The molecule has 1 rings (SSSR count). The van der Waals surface area contributed by atoms with Crippen LogP contribution in [0.3, 0.4) is 0 Å². The number of halogens is 2. The fraction of sp³-hybridized carbons (Fsp3) is 0.429. The molecule has 0 amide bonds. The van der Waals surface area contributed by atoms with Gasteiger partial charge in [-0.25, -0.2) is 0 Å². The van der Waals surface area contributed by atoms with E-state index < -0.39 is 0 Å². The molecule has 1 aromatic carbocycles. The Kier molecular flexibility index (Phi) is 6.04. The predicted octanol–water partition coefficient (Wildman–Crippen LogP) is 4.78. The van der Waals surface area contributed by atoms with Gasteiger partial charge >= 0.3 is 0 Å². The van der Waals surface area contributed by atoms with E-state index in [1.165, 1.54) is 5.57 Å². The van der Waals surface area contributed by atoms with E-state index in [0.717, 1.165) is 18.5 Å². The van der Waals surface area contributed by atoms with Gasteiger partial charge in [0.15, 0.2) is 0 Å². The Morgan fingerprint density at radius 3 is 2.65 bits per heavy atom. The largest absolute Gasteiger partial charge is 0.311 e. The molecule has 3 heteroatoms. The fourth-order valence-electron chi connectivity index (χ4n) is 1.51. The Morgan fingerprint density at radius 1 is 1.35 bits per heavy atom. The van der Waals surface area contributed by atoms with Gasteiger partial charge in [0, 0.05) is 6.04 Å². The van der Waals surface area contributed by atoms with Crippen molar-refractivity contribution in [2.24, 2.45) is 0 Å². The van der Waals surface area contributed by atoms with Crippen LogP contribution in [0.2, 0.25) is 10.0 Å². The molecule has 0 aliphatic rings. The number of nitrogens with one attached hydrogen (secondary N) is 1. The van der Waals surface area contributed by atoms with Gasteiger partial charge in [-0.05, 0) is 44.5 Å². The molecule has 0 spiro atoms. The number of hydrogen-bond acceptors (Lipinski definition) is 1. The lowest BCUT2D eigenvalue weighted by Gasteiger charge is -2.14. The van der Waals surface area contributed by atoms with Crippen molar-refractivity contribution in [2.45, 2.75) is 33.2 Å². The minimum Gasteiger partial charge on any atom is -0.311 e. The van der Waals surface area contributed by atoms with Crippen LogP contribution in [0.4, 0.5) is 0 Å². The molecule has 0 bridgehead atoms. The SMILES string of the molecule is CCCNC(C)/C(C)=C/c1ccc(Cl)c(Cl)c1. The number of rotatable bonds is 5. The topological polar surface area (TPSA) is 12.0 Å². The van der Waals surface area contributed by atoms with Gasteiger partial charge in [0.25, 0.3) is 0 Å². The van der Waals surface area contributed by atoms with Crippen LogP contribution >= 0.6 is 23.2 Å². The van der Waals surface area contributed by atoms with Crippen molar-refractivity contribution in [1.82, 2.24) is 5.32 Å². The Hall–Kier alpha value is -0.500. The molecule has 0 heterocycles. The van der Waals surface area contributed by atoms with Crippen molar-refractivity contribution in [2.75, 3.05) is 6.54 Å². The summed E-state index contributed by atoms with van der Waals surface area (Å²) in [6.45, 7) is 7.49. The van der Waals surface area contributed by atoms with Crippen LogP contribution in [0.5, 0.6) is 0 Å². The average Bonchev–Trinajstić information content (AvgIpc) is 2.30. The summed E-state index contributed by atoms with van der Waals surface area (Å²) in [5, 5.41) is 4.65. The van der Waals surface area contributed by atoms with Crippen molar-refractivity contribution in [1.29, 1.82) is 0 Å². The maximum absolute atomic E-state index is 5.98. The second kappa shape index (κ2) is 7.05. The molecule has 0 saturated carbocycles. The Balaban J connectivity index is 2.76. The van der Waals surface area contributed by atoms with Crippen LogP contribution in [0, 0.1) is 0 Å². The first-order chi connectivity index (χ1) is 8.04. The van der Waals surface area contributed by atoms with Gasteiger partial charge in [-0.1, -0.05) is 47.8 Å². The molecular formula is C14H19Cl2N. The summed E-state index contributed by atoms with van der Waals surface area (Å²) in [4.78, 5) is 0. The van der Waals surface area contributed by atoms with Gasteiger partial charge in [-0.15, -0.1) is 0 Å². The third kappa shape index (κ3) is 4.71. The summed E-state index contributed by atoms with van der Waals surface area (Å²) in [6.07, 6.45) is 3.28. The monoisotopic (exact) mass is 271 g/mol. The lowest BCUT2D eigenvalue weighted by atomic mass is 10.1. The van der Waals surface area contributed by atoms with Crippen LogP contribution in [-0.2, 0) is 0 Å². The van der Waals surface area contributed by atoms with Crippen LogP contribution in [0.15, 0.2) is 23.8 Å². The van der Waals surface area contributed by atoms with E-state index in [1.807, 2.05) is 18.2 Å². The van der Waals surface area contributed by atoms with Gasteiger partial charge in [0.1, 0.15) is 0 Å². The smallest absolute Gasteiger partial charge is 0.0598 e. The molecule has 1 unspecified atom stereocenters. The molecular weight excluding hydrogens is 253 g/mol.